The fourth-order valence-electron chi connectivity index (χ4n) is 6.41. The lowest BCUT2D eigenvalue weighted by molar-refractivity contribution is -0.144. The van der Waals surface area contributed by atoms with E-state index in [4.69, 9.17) is 4.74 Å². The van der Waals surface area contributed by atoms with Crippen LogP contribution in [0.25, 0.3) is 10.9 Å². The Morgan fingerprint density at radius 1 is 0.692 bits per heavy atom. The summed E-state index contributed by atoms with van der Waals surface area (Å²) in [6.45, 7) is 0. The lowest BCUT2D eigenvalue weighted by Gasteiger charge is -2.37. The van der Waals surface area contributed by atoms with Crippen molar-refractivity contribution in [2.24, 2.45) is 0 Å². The molecule has 1 aromatic heterocycles. The average Bonchev–Trinajstić information content (AvgIpc) is 3.60. The van der Waals surface area contributed by atoms with Gasteiger partial charge in [-0.2, -0.15) is 0 Å². The number of H-pyrrole nitrogens is 1. The van der Waals surface area contributed by atoms with Crippen LogP contribution in [0.5, 0.6) is 5.75 Å². The average molecular weight is 695 g/mol. The number of amides is 3. The van der Waals surface area contributed by atoms with Crippen molar-refractivity contribution in [2.75, 3.05) is 7.11 Å². The number of nitrogens with one attached hydrogen (secondary N) is 4. The van der Waals surface area contributed by atoms with Crippen LogP contribution in [0.4, 0.5) is 0 Å². The highest BCUT2D eigenvalue weighted by molar-refractivity contribution is 5.99. The zero-order valence-corrected chi connectivity index (χ0v) is 28.4. The zero-order chi connectivity index (χ0) is 36.5. The number of aromatic nitrogens is 1. The molecule has 0 bridgehead atoms. The van der Waals surface area contributed by atoms with Gasteiger partial charge >= 0.3 is 5.97 Å². The number of methoxy groups -OCH3 is 1. The summed E-state index contributed by atoms with van der Waals surface area (Å²) >= 11 is 0. The molecule has 6 aromatic rings. The first-order chi connectivity index (χ1) is 25.3. The molecule has 0 saturated heterocycles. The van der Waals surface area contributed by atoms with E-state index in [1.165, 1.54) is 0 Å². The van der Waals surface area contributed by atoms with Gasteiger partial charge in [-0.1, -0.05) is 109 Å². The molecule has 5 aromatic carbocycles. The number of hydrogen-bond donors (Lipinski definition) is 5. The third kappa shape index (κ3) is 7.71. The lowest BCUT2D eigenvalue weighted by atomic mass is 9.76. The molecule has 0 radical (unpaired) electrons. The molecule has 0 aliphatic heterocycles. The van der Waals surface area contributed by atoms with Crippen molar-refractivity contribution >= 4 is 34.6 Å². The molecule has 3 amide bonds. The first-order valence-electron chi connectivity index (χ1n) is 16.8. The van der Waals surface area contributed by atoms with Crippen molar-refractivity contribution in [3.8, 4) is 5.75 Å². The van der Waals surface area contributed by atoms with E-state index in [0.29, 0.717) is 16.9 Å². The van der Waals surface area contributed by atoms with E-state index in [1.807, 2.05) is 97.1 Å². The molecule has 0 fully saturated rings. The second-order valence-corrected chi connectivity index (χ2v) is 12.3. The van der Waals surface area contributed by atoms with Gasteiger partial charge < -0.3 is 30.8 Å². The quantitative estimate of drug-likeness (QED) is 0.0940. The SMILES string of the molecule is COc1ccc(C(NC(=O)C[C@H](NC(=O)[C@H](Cc2c[nH]c3ccccc23)NC(=O)c2ccccc2)C(=O)O)(c2ccccc2)c2ccccc2)cc1. The van der Waals surface area contributed by atoms with Gasteiger partial charge in [0, 0.05) is 29.1 Å². The number of aliphatic carboxylic acids is 1. The van der Waals surface area contributed by atoms with E-state index >= 15 is 0 Å². The van der Waals surface area contributed by atoms with Crippen LogP contribution in [-0.4, -0.2) is 53.0 Å². The van der Waals surface area contributed by atoms with Crippen molar-refractivity contribution in [3.05, 3.63) is 174 Å². The molecule has 6 rings (SSSR count). The molecule has 262 valence electrons. The van der Waals surface area contributed by atoms with E-state index in [1.54, 1.807) is 55.8 Å². The molecule has 2 atom stereocenters. The van der Waals surface area contributed by atoms with Crippen LogP contribution in [0.2, 0.25) is 0 Å². The van der Waals surface area contributed by atoms with Crippen LogP contribution >= 0.6 is 0 Å². The summed E-state index contributed by atoms with van der Waals surface area (Å²) in [5.74, 6) is -2.65. The Bertz CT molecular complexity index is 2110. The Balaban J connectivity index is 1.29. The molecule has 0 aliphatic rings. The molecule has 0 spiro atoms. The van der Waals surface area contributed by atoms with Crippen molar-refractivity contribution in [2.45, 2.75) is 30.5 Å². The number of aromatic amines is 1. The number of carbonyl (C=O) groups is 4. The van der Waals surface area contributed by atoms with Gasteiger partial charge in [0.25, 0.3) is 5.91 Å². The number of carboxylic acid groups (broad SMARTS) is 1. The lowest BCUT2D eigenvalue weighted by Crippen LogP contribution is -2.54. The highest BCUT2D eigenvalue weighted by Crippen LogP contribution is 2.37. The van der Waals surface area contributed by atoms with Gasteiger partial charge in [-0.25, -0.2) is 4.79 Å². The third-order valence-electron chi connectivity index (χ3n) is 9.02. The topological polar surface area (TPSA) is 150 Å². The Kier molecular flexibility index (Phi) is 10.8. The number of carbonyl (C=O) groups excluding carboxylic acids is 3. The van der Waals surface area contributed by atoms with E-state index in [-0.39, 0.29) is 6.42 Å². The Hall–Kier alpha value is -6.68. The van der Waals surface area contributed by atoms with Crippen LogP contribution in [0, 0.1) is 0 Å². The summed E-state index contributed by atoms with van der Waals surface area (Å²) in [6.07, 6.45) is 1.23. The smallest absolute Gasteiger partial charge is 0.326 e. The van der Waals surface area contributed by atoms with E-state index in [9.17, 15) is 24.3 Å². The van der Waals surface area contributed by atoms with E-state index < -0.39 is 47.7 Å². The van der Waals surface area contributed by atoms with Crippen LogP contribution in [-0.2, 0) is 26.3 Å². The number of hydrogen-bond acceptors (Lipinski definition) is 5. The first-order valence-corrected chi connectivity index (χ1v) is 16.8. The summed E-state index contributed by atoms with van der Waals surface area (Å²) in [5, 5.41) is 19.6. The minimum absolute atomic E-state index is 0.0650. The number of benzene rings is 5. The fraction of sp³-hybridized carbons (Fsp3) is 0.143. The predicted molar refractivity (Wildman–Crippen MR) is 198 cm³/mol. The number of ether oxygens (including phenoxy) is 1. The number of rotatable bonds is 14. The maximum Gasteiger partial charge on any atom is 0.326 e. The Labute approximate surface area is 300 Å². The third-order valence-corrected chi connectivity index (χ3v) is 9.02. The molecule has 0 unspecified atom stereocenters. The maximum absolute atomic E-state index is 14.1. The molecule has 1 heterocycles. The summed E-state index contributed by atoms with van der Waals surface area (Å²) in [4.78, 5) is 57.2. The summed E-state index contributed by atoms with van der Waals surface area (Å²) in [6, 6.07) is 39.2. The van der Waals surface area contributed by atoms with Gasteiger partial charge in [0.15, 0.2) is 0 Å². The molecule has 5 N–H and O–H groups in total. The van der Waals surface area contributed by atoms with Crippen LogP contribution in [0.15, 0.2) is 146 Å². The van der Waals surface area contributed by atoms with Crippen LogP contribution in [0.3, 0.4) is 0 Å². The number of fused-ring (bicyclic) bond motifs is 1. The monoisotopic (exact) mass is 694 g/mol. The molecular formula is C42H38N4O6. The highest BCUT2D eigenvalue weighted by Gasteiger charge is 2.39. The van der Waals surface area contributed by atoms with E-state index in [2.05, 4.69) is 20.9 Å². The second kappa shape index (κ2) is 15.9. The van der Waals surface area contributed by atoms with Crippen LogP contribution < -0.4 is 20.7 Å². The first kappa shape index (κ1) is 35.2. The Morgan fingerprint density at radius 2 is 1.25 bits per heavy atom. The molecule has 0 aliphatic carbocycles. The molecule has 0 saturated carbocycles. The van der Waals surface area contributed by atoms with Gasteiger partial charge in [-0.05, 0) is 52.6 Å². The Morgan fingerprint density at radius 3 is 1.85 bits per heavy atom. The van der Waals surface area contributed by atoms with Gasteiger partial charge in [0.05, 0.1) is 13.5 Å². The van der Waals surface area contributed by atoms with Gasteiger partial charge in [0.2, 0.25) is 11.8 Å². The normalized spacial score (nSPS) is 12.3. The van der Waals surface area contributed by atoms with E-state index in [0.717, 1.165) is 27.6 Å². The van der Waals surface area contributed by atoms with Crippen molar-refractivity contribution in [1.82, 2.24) is 20.9 Å². The molecule has 10 heteroatoms. The molecule has 10 nitrogen and oxygen atoms in total. The van der Waals surface area contributed by atoms with Crippen molar-refractivity contribution < 1.29 is 29.0 Å². The summed E-state index contributed by atoms with van der Waals surface area (Å²) in [7, 11) is 1.57. The van der Waals surface area contributed by atoms with Crippen molar-refractivity contribution in [1.29, 1.82) is 0 Å². The second-order valence-electron chi connectivity index (χ2n) is 12.3. The largest absolute Gasteiger partial charge is 0.497 e. The highest BCUT2D eigenvalue weighted by atomic mass is 16.5. The zero-order valence-electron chi connectivity index (χ0n) is 28.4. The summed E-state index contributed by atoms with van der Waals surface area (Å²) in [5.41, 5.74) is 2.88. The van der Waals surface area contributed by atoms with Gasteiger partial charge in [-0.15, -0.1) is 0 Å². The summed E-state index contributed by atoms with van der Waals surface area (Å²) < 4.78 is 5.39. The number of para-hydroxylation sites is 1. The maximum atomic E-state index is 14.1. The fourth-order valence-corrected chi connectivity index (χ4v) is 6.41. The van der Waals surface area contributed by atoms with Crippen LogP contribution in [0.1, 0.15) is 39.0 Å². The number of carboxylic acids is 1. The van der Waals surface area contributed by atoms with Crippen molar-refractivity contribution in [3.63, 3.8) is 0 Å². The van der Waals surface area contributed by atoms with Gasteiger partial charge in [0.1, 0.15) is 23.4 Å². The predicted octanol–water partition coefficient (Wildman–Crippen LogP) is 5.59. The minimum atomic E-state index is -1.62. The molecule has 52 heavy (non-hydrogen) atoms. The van der Waals surface area contributed by atoms with Gasteiger partial charge in [-0.3, -0.25) is 14.4 Å². The minimum Gasteiger partial charge on any atom is -0.497 e. The standard InChI is InChI=1S/C42H38N4O6/c1-52-33-23-21-32(22-24-33)42(30-15-7-3-8-16-30,31-17-9-4-10-18-31)46-38(47)26-37(41(50)51)45-40(49)36(44-39(48)28-13-5-2-6-14-28)25-29-27-43-35-20-12-11-19-34(29)35/h2-24,27,36-37,43H,25-26H2,1H3,(H,44,48)(H,45,49)(H,46,47)(H,50,51)/t36-,37-/m0/s1. The molecular weight excluding hydrogens is 656 g/mol.